The predicted octanol–water partition coefficient (Wildman–Crippen LogP) is 2.55. The third-order valence-corrected chi connectivity index (χ3v) is 2.24. The summed E-state index contributed by atoms with van der Waals surface area (Å²) in [5.74, 6) is -1.50. The molecule has 0 saturated heterocycles. The number of carboxylic acid groups (broad SMARTS) is 1. The average molecular weight is 229 g/mol. The summed E-state index contributed by atoms with van der Waals surface area (Å²) in [6.45, 7) is 1.16. The lowest BCUT2D eigenvalue weighted by molar-refractivity contribution is -0.138. The van der Waals surface area contributed by atoms with Gasteiger partial charge in [-0.05, 0) is 24.6 Å². The highest BCUT2D eigenvalue weighted by molar-refractivity contribution is 5.75. The fourth-order valence-corrected chi connectivity index (χ4v) is 1.23. The van der Waals surface area contributed by atoms with Gasteiger partial charge in [0.25, 0.3) is 6.43 Å². The molecule has 0 amide bonds. The van der Waals surface area contributed by atoms with E-state index in [1.54, 1.807) is 31.2 Å². The van der Waals surface area contributed by atoms with E-state index in [-0.39, 0.29) is 0 Å². The van der Waals surface area contributed by atoms with E-state index in [1.807, 2.05) is 0 Å². The first-order valence-electron chi connectivity index (χ1n) is 4.85. The Labute approximate surface area is 92.1 Å². The van der Waals surface area contributed by atoms with E-state index in [2.05, 4.69) is 5.32 Å². The summed E-state index contributed by atoms with van der Waals surface area (Å²) in [7, 11) is 0. The molecule has 1 unspecified atom stereocenters. The van der Waals surface area contributed by atoms with Crippen molar-refractivity contribution in [1.29, 1.82) is 0 Å². The molecule has 5 heteroatoms. The first kappa shape index (κ1) is 12.4. The number of carbonyl (C=O) groups is 1. The van der Waals surface area contributed by atoms with Crippen molar-refractivity contribution in [3.63, 3.8) is 0 Å². The van der Waals surface area contributed by atoms with Crippen LogP contribution in [0, 0.1) is 0 Å². The Hall–Kier alpha value is -1.65. The number of nitrogens with one attached hydrogen (secondary N) is 1. The van der Waals surface area contributed by atoms with Crippen LogP contribution in [0.2, 0.25) is 0 Å². The number of halogens is 2. The third kappa shape index (κ3) is 3.49. The minimum Gasteiger partial charge on any atom is -0.481 e. The van der Waals surface area contributed by atoms with Crippen LogP contribution in [0.4, 0.5) is 14.5 Å². The molecule has 88 valence electrons. The molecule has 0 heterocycles. The fourth-order valence-electron chi connectivity index (χ4n) is 1.23. The zero-order chi connectivity index (χ0) is 12.1. The molecule has 1 rings (SSSR count). The summed E-state index contributed by atoms with van der Waals surface area (Å²) in [4.78, 5) is 10.7. The van der Waals surface area contributed by atoms with Gasteiger partial charge in [0.05, 0.1) is 12.5 Å². The number of alkyl halides is 2. The lowest BCUT2D eigenvalue weighted by atomic mass is 10.0. The normalized spacial score (nSPS) is 12.5. The molecule has 0 fully saturated rings. The Bertz CT molecular complexity index is 352. The molecular formula is C11H13F2NO2. The first-order valence-corrected chi connectivity index (χ1v) is 4.85. The summed E-state index contributed by atoms with van der Waals surface area (Å²) in [5, 5.41) is 11.3. The molecule has 0 aliphatic heterocycles. The van der Waals surface area contributed by atoms with Crippen LogP contribution >= 0.6 is 0 Å². The number of rotatable bonds is 5. The van der Waals surface area contributed by atoms with E-state index in [0.717, 1.165) is 0 Å². The van der Waals surface area contributed by atoms with Crippen molar-refractivity contribution >= 4 is 11.7 Å². The zero-order valence-corrected chi connectivity index (χ0v) is 8.78. The van der Waals surface area contributed by atoms with E-state index in [4.69, 9.17) is 5.11 Å². The van der Waals surface area contributed by atoms with Crippen molar-refractivity contribution in [1.82, 2.24) is 0 Å². The zero-order valence-electron chi connectivity index (χ0n) is 8.78. The molecular weight excluding hydrogens is 216 g/mol. The van der Waals surface area contributed by atoms with Gasteiger partial charge in [-0.3, -0.25) is 4.79 Å². The van der Waals surface area contributed by atoms with Gasteiger partial charge < -0.3 is 10.4 Å². The molecule has 0 bridgehead atoms. The van der Waals surface area contributed by atoms with Gasteiger partial charge >= 0.3 is 5.97 Å². The number of benzene rings is 1. The summed E-state index contributed by atoms with van der Waals surface area (Å²) in [5.41, 5.74) is 1.21. The van der Waals surface area contributed by atoms with E-state index >= 15 is 0 Å². The lowest BCUT2D eigenvalue weighted by Crippen LogP contribution is -2.10. The molecule has 16 heavy (non-hydrogen) atoms. The number of hydrogen-bond donors (Lipinski definition) is 2. The predicted molar refractivity (Wildman–Crippen MR) is 57.0 cm³/mol. The van der Waals surface area contributed by atoms with Crippen LogP contribution in [0.15, 0.2) is 24.3 Å². The van der Waals surface area contributed by atoms with Crippen molar-refractivity contribution in [3.8, 4) is 0 Å². The molecule has 1 aromatic rings. The Morgan fingerprint density at radius 2 is 1.94 bits per heavy atom. The second kappa shape index (κ2) is 5.44. The van der Waals surface area contributed by atoms with Crippen molar-refractivity contribution in [2.45, 2.75) is 19.3 Å². The molecule has 3 nitrogen and oxygen atoms in total. The quantitative estimate of drug-likeness (QED) is 0.815. The fraction of sp³-hybridized carbons (Fsp3) is 0.364. The Kier molecular flexibility index (Phi) is 4.22. The molecule has 2 N–H and O–H groups in total. The van der Waals surface area contributed by atoms with Crippen LogP contribution in [0.3, 0.4) is 0 Å². The van der Waals surface area contributed by atoms with Gasteiger partial charge in [0, 0.05) is 5.69 Å². The smallest absolute Gasteiger partial charge is 0.310 e. The van der Waals surface area contributed by atoms with Crippen molar-refractivity contribution in [3.05, 3.63) is 29.8 Å². The maximum Gasteiger partial charge on any atom is 0.310 e. The average Bonchev–Trinajstić information content (AvgIpc) is 2.26. The molecule has 0 aliphatic carbocycles. The highest BCUT2D eigenvalue weighted by Crippen LogP contribution is 2.18. The van der Waals surface area contributed by atoms with Gasteiger partial charge in [-0.15, -0.1) is 0 Å². The molecule has 1 aromatic carbocycles. The standard InChI is InChI=1S/C11H13F2NO2/c1-7(11(15)16)8-2-4-9(5-3-8)14-6-10(12)13/h2-5,7,10,14H,6H2,1H3,(H,15,16). The van der Waals surface area contributed by atoms with E-state index in [0.29, 0.717) is 11.3 Å². The van der Waals surface area contributed by atoms with E-state index in [9.17, 15) is 13.6 Å². The van der Waals surface area contributed by atoms with Crippen molar-refractivity contribution in [2.75, 3.05) is 11.9 Å². The molecule has 0 radical (unpaired) electrons. The second-order valence-corrected chi connectivity index (χ2v) is 3.45. The van der Waals surface area contributed by atoms with Crippen LogP contribution in [0.1, 0.15) is 18.4 Å². The van der Waals surface area contributed by atoms with Gasteiger partial charge in [-0.2, -0.15) is 0 Å². The van der Waals surface area contributed by atoms with Crippen molar-refractivity contribution in [2.24, 2.45) is 0 Å². The molecule has 0 aromatic heterocycles. The maximum absolute atomic E-state index is 11.9. The molecule has 0 spiro atoms. The Balaban J connectivity index is 2.64. The first-order chi connectivity index (χ1) is 7.50. The van der Waals surface area contributed by atoms with Gasteiger partial charge in [0.2, 0.25) is 0 Å². The highest BCUT2D eigenvalue weighted by atomic mass is 19.3. The van der Waals surface area contributed by atoms with Crippen LogP contribution in [0.25, 0.3) is 0 Å². The van der Waals surface area contributed by atoms with Gasteiger partial charge in [0.1, 0.15) is 0 Å². The van der Waals surface area contributed by atoms with Crippen molar-refractivity contribution < 1.29 is 18.7 Å². The van der Waals surface area contributed by atoms with E-state index in [1.165, 1.54) is 0 Å². The minimum absolute atomic E-state index is 0.409. The summed E-state index contributed by atoms with van der Waals surface area (Å²) in [6.07, 6.45) is -2.40. The van der Waals surface area contributed by atoms with Crippen LogP contribution < -0.4 is 5.32 Å². The minimum atomic E-state index is -2.40. The number of anilines is 1. The number of hydrogen-bond acceptors (Lipinski definition) is 2. The van der Waals surface area contributed by atoms with Crippen LogP contribution in [0.5, 0.6) is 0 Å². The monoisotopic (exact) mass is 229 g/mol. The summed E-state index contributed by atoms with van der Waals surface area (Å²) in [6, 6.07) is 6.42. The Morgan fingerprint density at radius 3 is 2.38 bits per heavy atom. The highest BCUT2D eigenvalue weighted by Gasteiger charge is 2.12. The molecule has 0 saturated carbocycles. The maximum atomic E-state index is 11.9. The topological polar surface area (TPSA) is 49.3 Å². The lowest BCUT2D eigenvalue weighted by Gasteiger charge is -2.09. The SMILES string of the molecule is CC(C(=O)O)c1ccc(NCC(F)F)cc1. The van der Waals surface area contributed by atoms with E-state index < -0.39 is 24.9 Å². The van der Waals surface area contributed by atoms with Crippen LogP contribution in [-0.4, -0.2) is 24.0 Å². The number of carboxylic acids is 1. The largest absolute Gasteiger partial charge is 0.481 e. The van der Waals surface area contributed by atoms with Gasteiger partial charge in [0.15, 0.2) is 0 Å². The van der Waals surface area contributed by atoms with Gasteiger partial charge in [-0.25, -0.2) is 8.78 Å². The second-order valence-electron chi connectivity index (χ2n) is 3.45. The Morgan fingerprint density at radius 1 is 1.38 bits per heavy atom. The molecule has 0 aliphatic rings. The number of aliphatic carboxylic acids is 1. The third-order valence-electron chi connectivity index (χ3n) is 2.24. The van der Waals surface area contributed by atoms with Gasteiger partial charge in [-0.1, -0.05) is 12.1 Å². The summed E-state index contributed by atoms with van der Waals surface area (Å²) < 4.78 is 23.8. The van der Waals surface area contributed by atoms with Crippen LogP contribution in [-0.2, 0) is 4.79 Å². The summed E-state index contributed by atoms with van der Waals surface area (Å²) >= 11 is 0. The molecule has 1 atom stereocenters.